The van der Waals surface area contributed by atoms with E-state index < -0.39 is 4.92 Å². The second kappa shape index (κ2) is 5.26. The quantitative estimate of drug-likeness (QED) is 0.510. The smallest absolute Gasteiger partial charge is 0.269 e. The Balaban J connectivity index is 0.000000561. The van der Waals surface area contributed by atoms with Crippen molar-refractivity contribution in [3.63, 3.8) is 0 Å². The summed E-state index contributed by atoms with van der Waals surface area (Å²) in [5.74, 6) is 0. The van der Waals surface area contributed by atoms with Crippen LogP contribution in [0.15, 0.2) is 24.3 Å². The first-order valence-corrected chi connectivity index (χ1v) is 3.49. The highest BCUT2D eigenvalue weighted by Gasteiger charge is 2.01. The topological polar surface area (TPSA) is 69.2 Å². The molecule has 0 atom stereocenters. The molecule has 0 heterocycles. The van der Waals surface area contributed by atoms with Gasteiger partial charge in [-0.25, -0.2) is 0 Å². The van der Waals surface area contributed by atoms with E-state index in [1.807, 2.05) is 13.0 Å². The van der Waals surface area contributed by atoms with E-state index in [0.717, 1.165) is 5.56 Å². The molecule has 0 aliphatic rings. The minimum absolute atomic E-state index is 0.153. The predicted octanol–water partition coefficient (Wildman–Crippen LogP) is 1.48. The fourth-order valence-electron chi connectivity index (χ4n) is 0.742. The molecule has 0 amide bonds. The van der Waals surface area contributed by atoms with E-state index in [9.17, 15) is 10.1 Å². The lowest BCUT2D eigenvalue weighted by Crippen LogP contribution is -1.86. The van der Waals surface area contributed by atoms with E-state index in [2.05, 4.69) is 5.73 Å². The summed E-state index contributed by atoms with van der Waals surface area (Å²) < 4.78 is 0. The van der Waals surface area contributed by atoms with Gasteiger partial charge in [0.1, 0.15) is 0 Å². The first kappa shape index (κ1) is 10.6. The molecule has 0 radical (unpaired) electrons. The maximum absolute atomic E-state index is 10.2. The molecule has 1 rings (SSSR count). The van der Waals surface area contributed by atoms with Crippen LogP contribution in [0.2, 0.25) is 0 Å². The lowest BCUT2D eigenvalue weighted by molar-refractivity contribution is -0.384. The highest BCUT2D eigenvalue weighted by molar-refractivity contribution is 5.33. The van der Waals surface area contributed by atoms with Gasteiger partial charge in [-0.15, -0.1) is 0 Å². The van der Waals surface area contributed by atoms with Crippen molar-refractivity contribution in [2.24, 2.45) is 5.73 Å². The number of aryl methyl sites for hydroxylation is 1. The Morgan fingerprint density at radius 3 is 2.33 bits per heavy atom. The third-order valence-corrected chi connectivity index (χ3v) is 1.21. The zero-order chi connectivity index (χ0) is 9.56. The van der Waals surface area contributed by atoms with Crippen LogP contribution in [-0.2, 0) is 0 Å². The summed E-state index contributed by atoms with van der Waals surface area (Å²) in [6.07, 6.45) is 0. The number of hydrogen-bond donors (Lipinski definition) is 1. The van der Waals surface area contributed by atoms with E-state index in [1.54, 1.807) is 12.1 Å². The summed E-state index contributed by atoms with van der Waals surface area (Å²) in [6, 6.07) is 6.52. The van der Waals surface area contributed by atoms with Gasteiger partial charge in [0.05, 0.1) is 4.92 Å². The van der Waals surface area contributed by atoms with Gasteiger partial charge in [0.25, 0.3) is 5.69 Å². The Bertz CT molecular complexity index is 261. The van der Waals surface area contributed by atoms with Gasteiger partial charge in [0.2, 0.25) is 0 Å². The Morgan fingerprint density at radius 2 is 2.00 bits per heavy atom. The largest absolute Gasteiger partial charge is 0.333 e. The van der Waals surface area contributed by atoms with Gasteiger partial charge in [-0.1, -0.05) is 12.1 Å². The van der Waals surface area contributed by atoms with Crippen LogP contribution in [0.4, 0.5) is 5.69 Å². The van der Waals surface area contributed by atoms with Crippen molar-refractivity contribution in [1.82, 2.24) is 0 Å². The van der Waals surface area contributed by atoms with Crippen LogP contribution in [0.3, 0.4) is 0 Å². The van der Waals surface area contributed by atoms with E-state index in [0.29, 0.717) is 0 Å². The van der Waals surface area contributed by atoms with Gasteiger partial charge in [-0.2, -0.15) is 0 Å². The second-order valence-corrected chi connectivity index (χ2v) is 2.10. The molecule has 66 valence electrons. The van der Waals surface area contributed by atoms with E-state index in [-0.39, 0.29) is 5.69 Å². The number of benzene rings is 1. The lowest BCUT2D eigenvalue weighted by Gasteiger charge is -1.90. The maximum Gasteiger partial charge on any atom is 0.269 e. The van der Waals surface area contributed by atoms with Gasteiger partial charge in [0.15, 0.2) is 0 Å². The zero-order valence-corrected chi connectivity index (χ0v) is 7.15. The molecule has 0 aliphatic heterocycles. The Kier molecular flexibility index (Phi) is 4.64. The van der Waals surface area contributed by atoms with Crippen molar-refractivity contribution in [3.05, 3.63) is 39.9 Å². The number of nitrogens with two attached hydrogens (primary N) is 1. The number of non-ortho nitro benzene ring substituents is 1. The predicted molar refractivity (Wildman–Crippen MR) is 47.9 cm³/mol. The minimum atomic E-state index is -0.396. The highest BCUT2D eigenvalue weighted by Crippen LogP contribution is 2.11. The van der Waals surface area contributed by atoms with Crippen molar-refractivity contribution in [2.75, 3.05) is 7.05 Å². The molecule has 0 fully saturated rings. The van der Waals surface area contributed by atoms with Gasteiger partial charge in [-0.3, -0.25) is 10.1 Å². The van der Waals surface area contributed by atoms with Crippen LogP contribution in [0.5, 0.6) is 0 Å². The van der Waals surface area contributed by atoms with Crippen LogP contribution in [0.25, 0.3) is 0 Å². The maximum atomic E-state index is 10.2. The SMILES string of the molecule is CN.Cc1cccc([N+](=O)[O-])c1. The number of rotatable bonds is 1. The summed E-state index contributed by atoms with van der Waals surface area (Å²) in [5, 5.41) is 10.2. The number of hydrogen-bond acceptors (Lipinski definition) is 3. The third kappa shape index (κ3) is 3.12. The molecule has 0 saturated carbocycles. The third-order valence-electron chi connectivity index (χ3n) is 1.21. The van der Waals surface area contributed by atoms with Crippen LogP contribution in [-0.4, -0.2) is 12.0 Å². The summed E-state index contributed by atoms with van der Waals surface area (Å²) in [4.78, 5) is 9.76. The summed E-state index contributed by atoms with van der Waals surface area (Å²) in [7, 11) is 1.50. The molecular weight excluding hydrogens is 156 g/mol. The van der Waals surface area contributed by atoms with E-state index >= 15 is 0 Å². The Labute approximate surface area is 71.2 Å². The molecule has 1 aromatic carbocycles. The highest BCUT2D eigenvalue weighted by atomic mass is 16.6. The molecule has 4 heteroatoms. The lowest BCUT2D eigenvalue weighted by atomic mass is 10.2. The second-order valence-electron chi connectivity index (χ2n) is 2.10. The molecule has 0 aliphatic carbocycles. The first-order chi connectivity index (χ1) is 5.70. The summed E-state index contributed by atoms with van der Waals surface area (Å²) in [6.45, 7) is 1.83. The first-order valence-electron chi connectivity index (χ1n) is 3.49. The zero-order valence-electron chi connectivity index (χ0n) is 7.15. The van der Waals surface area contributed by atoms with E-state index in [1.165, 1.54) is 13.1 Å². The monoisotopic (exact) mass is 168 g/mol. The molecular formula is C8H12N2O2. The molecule has 0 aromatic heterocycles. The normalized spacial score (nSPS) is 8.25. The molecule has 0 bridgehead atoms. The number of nitro benzene ring substituents is 1. The average Bonchev–Trinajstić information content (AvgIpc) is 2.08. The Hall–Kier alpha value is -1.42. The number of nitro groups is 1. The molecule has 12 heavy (non-hydrogen) atoms. The van der Waals surface area contributed by atoms with Crippen LogP contribution >= 0.6 is 0 Å². The minimum Gasteiger partial charge on any atom is -0.333 e. The summed E-state index contributed by atoms with van der Waals surface area (Å²) in [5.41, 5.74) is 5.56. The van der Waals surface area contributed by atoms with Crippen molar-refractivity contribution >= 4 is 5.69 Å². The fourth-order valence-corrected chi connectivity index (χ4v) is 0.742. The van der Waals surface area contributed by atoms with Crippen LogP contribution in [0.1, 0.15) is 5.56 Å². The van der Waals surface area contributed by atoms with Crippen molar-refractivity contribution in [1.29, 1.82) is 0 Å². The van der Waals surface area contributed by atoms with Gasteiger partial charge >= 0.3 is 0 Å². The van der Waals surface area contributed by atoms with Crippen molar-refractivity contribution in [3.8, 4) is 0 Å². The Morgan fingerprint density at radius 1 is 1.42 bits per heavy atom. The van der Waals surface area contributed by atoms with E-state index in [4.69, 9.17) is 0 Å². The van der Waals surface area contributed by atoms with Gasteiger partial charge in [-0.05, 0) is 19.5 Å². The molecule has 2 N–H and O–H groups in total. The van der Waals surface area contributed by atoms with Gasteiger partial charge < -0.3 is 5.73 Å². The molecule has 0 unspecified atom stereocenters. The average molecular weight is 168 g/mol. The number of nitrogens with zero attached hydrogens (tertiary/aromatic N) is 1. The summed E-state index contributed by atoms with van der Waals surface area (Å²) >= 11 is 0. The molecule has 0 spiro atoms. The molecule has 0 saturated heterocycles. The standard InChI is InChI=1S/C7H7NO2.CH5N/c1-6-3-2-4-7(5-6)8(9)10;1-2/h2-5H,1H3;2H2,1H3. The van der Waals surface area contributed by atoms with Crippen LogP contribution < -0.4 is 5.73 Å². The van der Waals surface area contributed by atoms with Crippen molar-refractivity contribution < 1.29 is 4.92 Å². The fraction of sp³-hybridized carbons (Fsp3) is 0.250. The molecule has 1 aromatic rings. The molecule has 4 nitrogen and oxygen atoms in total. The van der Waals surface area contributed by atoms with Crippen LogP contribution in [0, 0.1) is 17.0 Å². The van der Waals surface area contributed by atoms with Crippen molar-refractivity contribution in [2.45, 2.75) is 6.92 Å². The van der Waals surface area contributed by atoms with Gasteiger partial charge in [0, 0.05) is 12.1 Å².